The minimum absolute atomic E-state index is 0. The molecular weight excluding hydrogens is 395 g/mol. The smallest absolute Gasteiger partial charge is 0.759 e. The van der Waals surface area contributed by atoms with Crippen LogP contribution in [0, 0.1) is 0 Å². The molecule has 0 aromatic carbocycles. The van der Waals surface area contributed by atoms with Crippen molar-refractivity contribution in [3.05, 3.63) is 0 Å². The molecule has 0 aliphatic heterocycles. The summed E-state index contributed by atoms with van der Waals surface area (Å²) in [6.45, 7) is 0. The molecule has 0 heterocycles. The fourth-order valence-electron chi connectivity index (χ4n) is 0. The maximum absolute atomic E-state index is 8.74. The van der Waals surface area contributed by atoms with E-state index in [0.717, 1.165) is 0 Å². The summed E-state index contributed by atoms with van der Waals surface area (Å²) in [7, 11) is -15.0. The topological polar surface area (TPSA) is 267 Å². The maximum atomic E-state index is 8.74. The van der Waals surface area contributed by atoms with E-state index in [-0.39, 0.29) is 31.7 Å². The van der Waals surface area contributed by atoms with Gasteiger partial charge in [-0.1, -0.05) is 0 Å². The van der Waals surface area contributed by atoms with E-state index in [1.807, 2.05) is 0 Å². The molecule has 17 heavy (non-hydrogen) atoms. The van der Waals surface area contributed by atoms with Crippen LogP contribution >= 0.6 is 0 Å². The Morgan fingerprint density at radius 3 is 0.647 bits per heavy atom. The normalized spacial score (nSPS) is 10.2. The van der Waals surface area contributed by atoms with Gasteiger partial charge in [-0.2, -0.15) is 8.42 Å². The van der Waals surface area contributed by atoms with Gasteiger partial charge in [0.15, 0.2) is 0 Å². The molecule has 104 valence electrons. The van der Waals surface area contributed by atoms with E-state index in [4.69, 9.17) is 52.6 Å². The SMILES string of the molecule is O.O=S(=O)(O)O.O=S(=O)([O-])[O-].O=S(=O)([O-])[O-].[Zr+4]. The molecular formula is H4O13S3Zr. The van der Waals surface area contributed by atoms with Gasteiger partial charge < -0.3 is 23.7 Å². The van der Waals surface area contributed by atoms with Crippen molar-refractivity contribution in [3.63, 3.8) is 0 Å². The molecule has 0 saturated heterocycles. The molecule has 13 nitrogen and oxygen atoms in total. The van der Waals surface area contributed by atoms with Crippen molar-refractivity contribution in [2.75, 3.05) is 0 Å². The second-order valence-corrected chi connectivity index (χ2v) is 3.79. The van der Waals surface area contributed by atoms with Crippen molar-refractivity contribution in [1.82, 2.24) is 0 Å². The van der Waals surface area contributed by atoms with Crippen LogP contribution in [0.15, 0.2) is 0 Å². The number of hydrogen-bond acceptors (Lipinski definition) is 10. The summed E-state index contributed by atoms with van der Waals surface area (Å²) >= 11 is 0. The van der Waals surface area contributed by atoms with E-state index in [1.165, 1.54) is 0 Å². The van der Waals surface area contributed by atoms with Crippen molar-refractivity contribution in [1.29, 1.82) is 0 Å². The molecule has 0 aromatic rings. The van der Waals surface area contributed by atoms with Gasteiger partial charge in [0.2, 0.25) is 0 Å². The van der Waals surface area contributed by atoms with Crippen molar-refractivity contribution in [3.8, 4) is 0 Å². The quantitative estimate of drug-likeness (QED) is 0.290. The van der Waals surface area contributed by atoms with E-state index in [2.05, 4.69) is 0 Å². The van der Waals surface area contributed by atoms with Crippen LogP contribution in [0.5, 0.6) is 0 Å². The summed E-state index contributed by atoms with van der Waals surface area (Å²) in [5, 5.41) is 0. The Labute approximate surface area is 115 Å². The summed E-state index contributed by atoms with van der Waals surface area (Å²) in [6.07, 6.45) is 0. The van der Waals surface area contributed by atoms with E-state index in [9.17, 15) is 0 Å². The molecule has 0 radical (unpaired) electrons. The summed E-state index contributed by atoms with van der Waals surface area (Å²) in [6, 6.07) is 0. The Kier molecular flexibility index (Phi) is 20.7. The summed E-state index contributed by atoms with van der Waals surface area (Å²) in [5.74, 6) is 0. The van der Waals surface area contributed by atoms with Gasteiger partial charge in [0.25, 0.3) is 0 Å². The van der Waals surface area contributed by atoms with Crippen LogP contribution in [-0.4, -0.2) is 58.0 Å². The van der Waals surface area contributed by atoms with Crippen LogP contribution in [0.1, 0.15) is 0 Å². The number of rotatable bonds is 0. The molecule has 0 unspecified atom stereocenters. The molecule has 0 fully saturated rings. The third-order valence-electron chi connectivity index (χ3n) is 0. The van der Waals surface area contributed by atoms with Crippen LogP contribution in [0.25, 0.3) is 0 Å². The van der Waals surface area contributed by atoms with E-state index in [1.54, 1.807) is 0 Å². The predicted molar refractivity (Wildman–Crippen MR) is 38.7 cm³/mol. The molecule has 0 atom stereocenters. The van der Waals surface area contributed by atoms with Gasteiger partial charge in [0, 0.05) is 20.8 Å². The molecule has 0 aliphatic rings. The van der Waals surface area contributed by atoms with E-state index >= 15 is 0 Å². The Hall–Kier alpha value is 0.453. The minimum Gasteiger partial charge on any atom is -0.759 e. The third kappa shape index (κ3) is 16700. The Bertz CT molecular complexity index is 338. The summed E-state index contributed by atoms with van der Waals surface area (Å²) < 4.78 is 99.7. The Balaban J connectivity index is -0.0000000400. The number of hydrogen-bond donors (Lipinski definition) is 2. The van der Waals surface area contributed by atoms with Gasteiger partial charge in [-0.3, -0.25) is 25.9 Å². The Morgan fingerprint density at radius 2 is 0.647 bits per heavy atom. The molecule has 0 aliphatic carbocycles. The third-order valence-corrected chi connectivity index (χ3v) is 0. The monoisotopic (exact) mass is 398 g/mol. The van der Waals surface area contributed by atoms with Crippen molar-refractivity contribution >= 4 is 31.2 Å². The van der Waals surface area contributed by atoms with Crippen LogP contribution in [-0.2, 0) is 57.4 Å². The summed E-state index contributed by atoms with van der Waals surface area (Å²) in [4.78, 5) is 0. The van der Waals surface area contributed by atoms with Crippen LogP contribution in [0.4, 0.5) is 0 Å². The van der Waals surface area contributed by atoms with Gasteiger partial charge in [-0.15, -0.1) is 0 Å². The second kappa shape index (κ2) is 11.5. The van der Waals surface area contributed by atoms with Crippen molar-refractivity contribution < 1.29 is 84.2 Å². The van der Waals surface area contributed by atoms with E-state index < -0.39 is 31.2 Å². The molecule has 17 heteroatoms. The molecule has 0 rings (SSSR count). The fraction of sp³-hybridized carbons (Fsp3) is 0. The molecule has 4 N–H and O–H groups in total. The zero-order chi connectivity index (χ0) is 13.5. The second-order valence-electron chi connectivity index (χ2n) is 1.26. The first kappa shape index (κ1) is 30.5. The van der Waals surface area contributed by atoms with Crippen LogP contribution < -0.4 is 0 Å². The standard InChI is InChI=1S/3H2O4S.H2O.Zr/c3*1-5(2,3)4;;/h3*(H2,1,2,3,4);1H2;/q;;;;+4/p-4. The first-order valence-electron chi connectivity index (χ1n) is 2.03. The van der Waals surface area contributed by atoms with Gasteiger partial charge in [-0.25, -0.2) is 0 Å². The fourth-order valence-corrected chi connectivity index (χ4v) is 0. The van der Waals surface area contributed by atoms with Crippen LogP contribution in [0.3, 0.4) is 0 Å². The molecule has 0 saturated carbocycles. The zero-order valence-corrected chi connectivity index (χ0v) is 12.1. The Morgan fingerprint density at radius 1 is 0.647 bits per heavy atom. The first-order valence-corrected chi connectivity index (χ1v) is 6.10. The minimum atomic E-state index is -5.17. The predicted octanol–water partition coefficient (Wildman–Crippen LogP) is -4.16. The molecule has 0 bridgehead atoms. The summed E-state index contributed by atoms with van der Waals surface area (Å²) in [5.41, 5.74) is 0. The average Bonchev–Trinajstić information content (AvgIpc) is 1.41. The molecule has 0 aromatic heterocycles. The first-order chi connectivity index (χ1) is 6.00. The van der Waals surface area contributed by atoms with Crippen molar-refractivity contribution in [2.24, 2.45) is 0 Å². The van der Waals surface area contributed by atoms with Gasteiger partial charge in [0.05, 0.1) is 0 Å². The van der Waals surface area contributed by atoms with Gasteiger partial charge in [0.1, 0.15) is 0 Å². The molecule has 0 spiro atoms. The van der Waals surface area contributed by atoms with Gasteiger partial charge >= 0.3 is 36.6 Å². The van der Waals surface area contributed by atoms with E-state index in [0.29, 0.717) is 0 Å². The van der Waals surface area contributed by atoms with Crippen LogP contribution in [0.2, 0.25) is 0 Å². The van der Waals surface area contributed by atoms with Gasteiger partial charge in [-0.05, 0) is 0 Å². The zero-order valence-electron chi connectivity index (χ0n) is 7.20. The largest absolute Gasteiger partial charge is 4.00 e. The van der Waals surface area contributed by atoms with Crippen molar-refractivity contribution in [2.45, 2.75) is 0 Å². The average molecular weight is 399 g/mol. The maximum Gasteiger partial charge on any atom is 4.00 e. The molecule has 0 amide bonds.